The van der Waals surface area contributed by atoms with Gasteiger partial charge in [0, 0.05) is 64.3 Å². The fraction of sp³-hybridized carbons (Fsp3) is 0.812. The van der Waals surface area contributed by atoms with Gasteiger partial charge in [-0.05, 0) is 19.3 Å². The number of aryl methyl sites for hydroxylation is 1. The molecule has 0 radical (unpaired) electrons. The highest BCUT2D eigenvalue weighted by Gasteiger charge is 2.23. The maximum absolute atomic E-state index is 5.79. The minimum Gasteiger partial charge on any atom is -0.376 e. The summed E-state index contributed by atoms with van der Waals surface area (Å²) in [5.41, 5.74) is 0. The van der Waals surface area contributed by atoms with E-state index in [-0.39, 0.29) is 0 Å². The summed E-state index contributed by atoms with van der Waals surface area (Å²) in [4.78, 5) is 13.7. The topological polar surface area (TPSA) is 65.9 Å². The second kappa shape index (κ2) is 8.62. The van der Waals surface area contributed by atoms with Crippen molar-refractivity contribution in [3.05, 3.63) is 5.82 Å². The Labute approximate surface area is 148 Å². The average Bonchev–Trinajstić information content (AvgIpc) is 3.13. The molecule has 1 aromatic rings. The van der Waals surface area contributed by atoms with Gasteiger partial charge in [-0.25, -0.2) is 4.98 Å². The number of guanidine groups is 1. The second-order valence-electron chi connectivity index (χ2n) is 6.24. The summed E-state index contributed by atoms with van der Waals surface area (Å²) in [6.07, 6.45) is 4.83. The number of ether oxygens (including phenoxy) is 1. The van der Waals surface area contributed by atoms with Gasteiger partial charge in [0.2, 0.25) is 5.13 Å². The van der Waals surface area contributed by atoms with E-state index in [1.165, 1.54) is 24.4 Å². The summed E-state index contributed by atoms with van der Waals surface area (Å²) >= 11 is 1.51. The van der Waals surface area contributed by atoms with E-state index in [1.807, 2.05) is 7.05 Å². The highest BCUT2D eigenvalue weighted by Crippen LogP contribution is 2.19. The van der Waals surface area contributed by atoms with Gasteiger partial charge in [0.25, 0.3) is 0 Å². The van der Waals surface area contributed by atoms with Crippen molar-refractivity contribution in [1.29, 1.82) is 0 Å². The Morgan fingerprint density at radius 3 is 2.79 bits per heavy atom. The molecule has 0 bridgehead atoms. The van der Waals surface area contributed by atoms with Crippen LogP contribution in [0, 0.1) is 0 Å². The number of anilines is 1. The quantitative estimate of drug-likeness (QED) is 0.652. The number of rotatable bonds is 4. The van der Waals surface area contributed by atoms with Gasteiger partial charge in [-0.15, -0.1) is 0 Å². The number of aromatic nitrogens is 2. The number of hydrogen-bond acceptors (Lipinski definition) is 6. The van der Waals surface area contributed by atoms with Gasteiger partial charge in [-0.3, -0.25) is 4.99 Å². The number of hydrogen-bond donors (Lipinski definition) is 1. The van der Waals surface area contributed by atoms with E-state index in [4.69, 9.17) is 4.74 Å². The van der Waals surface area contributed by atoms with Crippen LogP contribution in [0.5, 0.6) is 0 Å². The average molecular weight is 353 g/mol. The number of nitrogens with one attached hydrogen (secondary N) is 1. The maximum Gasteiger partial charge on any atom is 0.205 e. The third-order valence-electron chi connectivity index (χ3n) is 4.60. The molecule has 1 aromatic heterocycles. The summed E-state index contributed by atoms with van der Waals surface area (Å²) in [6, 6.07) is 0. The molecule has 24 heavy (non-hydrogen) atoms. The van der Waals surface area contributed by atoms with Crippen LogP contribution in [0.2, 0.25) is 0 Å². The van der Waals surface area contributed by atoms with Gasteiger partial charge in [-0.2, -0.15) is 4.37 Å². The zero-order valence-electron chi connectivity index (χ0n) is 14.7. The van der Waals surface area contributed by atoms with E-state index in [0.29, 0.717) is 6.10 Å². The molecule has 3 heterocycles. The zero-order valence-corrected chi connectivity index (χ0v) is 15.5. The van der Waals surface area contributed by atoms with Crippen LogP contribution in [-0.2, 0) is 11.2 Å². The van der Waals surface area contributed by atoms with E-state index >= 15 is 0 Å². The predicted molar refractivity (Wildman–Crippen MR) is 98.0 cm³/mol. The smallest absolute Gasteiger partial charge is 0.205 e. The van der Waals surface area contributed by atoms with Crippen LogP contribution >= 0.6 is 11.5 Å². The van der Waals surface area contributed by atoms with E-state index < -0.39 is 0 Å². The molecule has 8 heteroatoms. The van der Waals surface area contributed by atoms with E-state index in [0.717, 1.165) is 69.1 Å². The van der Waals surface area contributed by atoms with Crippen LogP contribution in [0.3, 0.4) is 0 Å². The molecule has 3 rings (SSSR count). The highest BCUT2D eigenvalue weighted by atomic mass is 32.1. The first-order valence-electron chi connectivity index (χ1n) is 8.95. The van der Waals surface area contributed by atoms with Crippen LogP contribution in [0.4, 0.5) is 5.13 Å². The van der Waals surface area contributed by atoms with E-state index in [2.05, 4.69) is 36.4 Å². The summed E-state index contributed by atoms with van der Waals surface area (Å²) in [5, 5.41) is 4.53. The normalized spacial score (nSPS) is 22.8. The second-order valence-corrected chi connectivity index (χ2v) is 6.97. The minimum absolute atomic E-state index is 0.325. The summed E-state index contributed by atoms with van der Waals surface area (Å²) in [6.45, 7) is 7.65. The van der Waals surface area contributed by atoms with Crippen molar-refractivity contribution >= 4 is 22.6 Å². The van der Waals surface area contributed by atoms with Gasteiger partial charge < -0.3 is 19.9 Å². The van der Waals surface area contributed by atoms with E-state index in [1.54, 1.807) is 0 Å². The standard InChI is InChI=1S/C16H28N6OS/c1-3-14-19-16(24-20-14)22-9-7-21(8-10-22)15(17-2)18-12-13-6-4-5-11-23-13/h13H,3-12H2,1-2H3,(H,17,18). The molecular weight excluding hydrogens is 324 g/mol. The molecule has 1 unspecified atom stereocenters. The van der Waals surface area contributed by atoms with Gasteiger partial charge in [-0.1, -0.05) is 6.92 Å². The van der Waals surface area contributed by atoms with E-state index in [9.17, 15) is 0 Å². The monoisotopic (exact) mass is 352 g/mol. The van der Waals surface area contributed by atoms with Crippen LogP contribution in [-0.4, -0.2) is 72.7 Å². The summed E-state index contributed by atoms with van der Waals surface area (Å²) in [5.74, 6) is 1.93. The molecule has 2 fully saturated rings. The lowest BCUT2D eigenvalue weighted by atomic mass is 10.1. The third-order valence-corrected chi connectivity index (χ3v) is 5.41. The molecule has 2 aliphatic heterocycles. The fourth-order valence-corrected chi connectivity index (χ4v) is 3.93. The fourth-order valence-electron chi connectivity index (χ4n) is 3.13. The molecule has 0 aliphatic carbocycles. The Kier molecular flexibility index (Phi) is 6.25. The molecule has 1 atom stereocenters. The molecule has 0 aromatic carbocycles. The molecule has 0 amide bonds. The molecule has 0 spiro atoms. The lowest BCUT2D eigenvalue weighted by Gasteiger charge is -2.36. The van der Waals surface area contributed by atoms with Gasteiger partial charge in [0.1, 0.15) is 5.82 Å². The molecule has 2 aliphatic rings. The van der Waals surface area contributed by atoms with Crippen molar-refractivity contribution in [3.8, 4) is 0 Å². The first-order valence-corrected chi connectivity index (χ1v) is 9.72. The van der Waals surface area contributed by atoms with Gasteiger partial charge >= 0.3 is 0 Å². The number of nitrogens with zero attached hydrogens (tertiary/aromatic N) is 5. The molecule has 2 saturated heterocycles. The van der Waals surface area contributed by atoms with Gasteiger partial charge in [0.05, 0.1) is 6.10 Å². The maximum atomic E-state index is 5.79. The molecular formula is C16H28N6OS. The van der Waals surface area contributed by atoms with Crippen molar-refractivity contribution < 1.29 is 4.74 Å². The predicted octanol–water partition coefficient (Wildman–Crippen LogP) is 1.37. The lowest BCUT2D eigenvalue weighted by molar-refractivity contribution is 0.0191. The molecule has 7 nitrogen and oxygen atoms in total. The van der Waals surface area contributed by atoms with Crippen LogP contribution < -0.4 is 10.2 Å². The largest absolute Gasteiger partial charge is 0.376 e. The van der Waals surface area contributed by atoms with Crippen molar-refractivity contribution in [2.45, 2.75) is 38.7 Å². The Morgan fingerprint density at radius 1 is 1.33 bits per heavy atom. The summed E-state index contributed by atoms with van der Waals surface area (Å²) in [7, 11) is 1.86. The number of piperazine rings is 1. The Hall–Kier alpha value is -1.41. The van der Waals surface area contributed by atoms with Crippen molar-refractivity contribution in [3.63, 3.8) is 0 Å². The van der Waals surface area contributed by atoms with Crippen molar-refractivity contribution in [2.24, 2.45) is 4.99 Å². The first-order chi connectivity index (χ1) is 11.8. The highest BCUT2D eigenvalue weighted by molar-refractivity contribution is 7.09. The Morgan fingerprint density at radius 2 is 2.17 bits per heavy atom. The third kappa shape index (κ3) is 4.36. The molecule has 134 valence electrons. The van der Waals surface area contributed by atoms with Crippen molar-refractivity contribution in [1.82, 2.24) is 19.6 Å². The zero-order chi connectivity index (χ0) is 16.8. The number of aliphatic imine (C=N–C) groups is 1. The minimum atomic E-state index is 0.325. The first kappa shape index (κ1) is 17.4. The molecule has 1 N–H and O–H groups in total. The molecule has 0 saturated carbocycles. The van der Waals surface area contributed by atoms with Gasteiger partial charge in [0.15, 0.2) is 5.96 Å². The lowest BCUT2D eigenvalue weighted by Crippen LogP contribution is -2.53. The van der Waals surface area contributed by atoms with Crippen LogP contribution in [0.1, 0.15) is 32.0 Å². The SMILES string of the molecule is CCc1nsc(N2CCN(C(=NC)NCC3CCCCO3)CC2)n1. The van der Waals surface area contributed by atoms with Crippen LogP contribution in [0.25, 0.3) is 0 Å². The summed E-state index contributed by atoms with van der Waals surface area (Å²) < 4.78 is 10.2. The van der Waals surface area contributed by atoms with Crippen molar-refractivity contribution in [2.75, 3.05) is 51.3 Å². The van der Waals surface area contributed by atoms with Crippen LogP contribution in [0.15, 0.2) is 4.99 Å². The Balaban J connectivity index is 1.47. The Bertz CT molecular complexity index is 534.